The van der Waals surface area contributed by atoms with Crippen LogP contribution in [0, 0.1) is 13.8 Å². The minimum absolute atomic E-state index is 0.236. The van der Waals surface area contributed by atoms with Gasteiger partial charge in [-0.2, -0.15) is 0 Å². The van der Waals surface area contributed by atoms with E-state index in [1.165, 1.54) is 0 Å². The molecule has 0 unspecified atom stereocenters. The highest BCUT2D eigenvalue weighted by atomic mass is 16.1. The number of aromatic nitrogens is 3. The van der Waals surface area contributed by atoms with Gasteiger partial charge in [0.1, 0.15) is 0 Å². The van der Waals surface area contributed by atoms with Gasteiger partial charge in [0.05, 0.1) is 11.2 Å². The van der Waals surface area contributed by atoms with Gasteiger partial charge in [0.15, 0.2) is 11.5 Å². The average molecular weight is 369 g/mol. The topological polar surface area (TPSA) is 79.8 Å². The number of amides is 1. The molecule has 0 aliphatic rings. The van der Waals surface area contributed by atoms with Crippen LogP contribution in [0.5, 0.6) is 0 Å². The number of hydrogen-bond donors (Lipinski definition) is 2. The Balaban J connectivity index is 1.52. The van der Waals surface area contributed by atoms with Gasteiger partial charge in [0.2, 0.25) is 0 Å². The lowest BCUT2D eigenvalue weighted by Gasteiger charge is -2.10. The molecule has 4 aromatic rings. The second-order valence-corrected chi connectivity index (χ2v) is 6.58. The predicted molar refractivity (Wildman–Crippen MR) is 111 cm³/mol. The molecule has 1 amide bonds. The van der Waals surface area contributed by atoms with E-state index in [9.17, 15) is 4.79 Å². The molecule has 2 aromatic heterocycles. The molecule has 0 aliphatic carbocycles. The normalized spacial score (nSPS) is 10.6. The fraction of sp³-hybridized carbons (Fsp3) is 0.0909. The number of rotatable bonds is 4. The fourth-order valence-corrected chi connectivity index (χ4v) is 2.92. The molecule has 0 spiro atoms. The van der Waals surface area contributed by atoms with E-state index >= 15 is 0 Å². The minimum atomic E-state index is -0.330. The molecule has 2 N–H and O–H groups in total. The van der Waals surface area contributed by atoms with Crippen molar-refractivity contribution in [3.05, 3.63) is 83.7 Å². The molecule has 2 heterocycles. The number of benzene rings is 2. The van der Waals surface area contributed by atoms with E-state index < -0.39 is 0 Å². The smallest absolute Gasteiger partial charge is 0.276 e. The van der Waals surface area contributed by atoms with Gasteiger partial charge in [-0.15, -0.1) is 10.2 Å². The standard InChI is InChI=1S/C22H19N5O/c1-14-8-9-15(2)19(13-14)24-20-11-10-18(26-27-20)22(28)25-17-7-3-5-16-6-4-12-23-21(16)17/h3-13H,1-2H3,(H,24,27)(H,25,28). The molecule has 0 bridgehead atoms. The third-order valence-electron chi connectivity index (χ3n) is 4.43. The van der Waals surface area contributed by atoms with E-state index in [1.54, 1.807) is 18.3 Å². The Morgan fingerprint density at radius 3 is 2.57 bits per heavy atom. The van der Waals surface area contributed by atoms with Gasteiger partial charge in [-0.3, -0.25) is 9.78 Å². The molecule has 0 saturated carbocycles. The third kappa shape index (κ3) is 3.66. The first-order valence-corrected chi connectivity index (χ1v) is 8.93. The molecular weight excluding hydrogens is 350 g/mol. The molecule has 0 radical (unpaired) electrons. The first-order chi connectivity index (χ1) is 13.6. The Morgan fingerprint density at radius 2 is 1.75 bits per heavy atom. The molecule has 6 heteroatoms. The first-order valence-electron chi connectivity index (χ1n) is 8.93. The van der Waals surface area contributed by atoms with Gasteiger partial charge in [0.25, 0.3) is 5.91 Å². The zero-order chi connectivity index (χ0) is 19.5. The fourth-order valence-electron chi connectivity index (χ4n) is 2.92. The van der Waals surface area contributed by atoms with Crippen LogP contribution in [0.1, 0.15) is 21.6 Å². The van der Waals surface area contributed by atoms with Crippen molar-refractivity contribution in [3.63, 3.8) is 0 Å². The van der Waals surface area contributed by atoms with Gasteiger partial charge in [-0.1, -0.05) is 30.3 Å². The summed E-state index contributed by atoms with van der Waals surface area (Å²) in [6.07, 6.45) is 1.70. The van der Waals surface area contributed by atoms with Crippen LogP contribution in [0.4, 0.5) is 17.2 Å². The summed E-state index contributed by atoms with van der Waals surface area (Å²) in [5.74, 6) is 0.251. The van der Waals surface area contributed by atoms with Crippen LogP contribution in [0.15, 0.2) is 66.9 Å². The lowest BCUT2D eigenvalue weighted by molar-refractivity contribution is 0.102. The summed E-state index contributed by atoms with van der Waals surface area (Å²) >= 11 is 0. The van der Waals surface area contributed by atoms with Crippen LogP contribution in [-0.2, 0) is 0 Å². The van der Waals surface area contributed by atoms with Gasteiger partial charge in [-0.05, 0) is 55.3 Å². The second kappa shape index (κ2) is 7.44. The van der Waals surface area contributed by atoms with Crippen molar-refractivity contribution in [2.75, 3.05) is 10.6 Å². The van der Waals surface area contributed by atoms with Crippen LogP contribution in [-0.4, -0.2) is 21.1 Å². The lowest BCUT2D eigenvalue weighted by Crippen LogP contribution is -2.15. The number of nitrogens with one attached hydrogen (secondary N) is 2. The Kier molecular flexibility index (Phi) is 4.68. The van der Waals surface area contributed by atoms with E-state index in [0.29, 0.717) is 11.5 Å². The minimum Gasteiger partial charge on any atom is -0.339 e. The summed E-state index contributed by atoms with van der Waals surface area (Å²) < 4.78 is 0. The number of carbonyl (C=O) groups excluding carboxylic acids is 1. The van der Waals surface area contributed by atoms with Crippen molar-refractivity contribution < 1.29 is 4.79 Å². The number of para-hydroxylation sites is 1. The van der Waals surface area contributed by atoms with Gasteiger partial charge >= 0.3 is 0 Å². The third-order valence-corrected chi connectivity index (χ3v) is 4.43. The Bertz CT molecular complexity index is 1150. The molecule has 0 saturated heterocycles. The van der Waals surface area contributed by atoms with Crippen molar-refractivity contribution in [1.82, 2.24) is 15.2 Å². The van der Waals surface area contributed by atoms with Crippen LogP contribution in [0.2, 0.25) is 0 Å². The highest BCUT2D eigenvalue weighted by molar-refractivity contribution is 6.07. The largest absolute Gasteiger partial charge is 0.339 e. The summed E-state index contributed by atoms with van der Waals surface area (Å²) in [6, 6.07) is 19.0. The summed E-state index contributed by atoms with van der Waals surface area (Å²) in [5.41, 5.74) is 4.84. The Hall–Kier alpha value is -3.80. The molecule has 0 fully saturated rings. The monoisotopic (exact) mass is 369 g/mol. The van der Waals surface area contributed by atoms with Crippen molar-refractivity contribution >= 4 is 34.0 Å². The molecule has 2 aromatic carbocycles. The predicted octanol–water partition coefficient (Wildman–Crippen LogP) is 4.64. The molecule has 138 valence electrons. The number of pyridine rings is 1. The zero-order valence-electron chi connectivity index (χ0n) is 15.6. The summed E-state index contributed by atoms with van der Waals surface area (Å²) in [6.45, 7) is 4.06. The van der Waals surface area contributed by atoms with Crippen LogP contribution < -0.4 is 10.6 Å². The maximum absolute atomic E-state index is 12.6. The van der Waals surface area contributed by atoms with Crippen LogP contribution in [0.25, 0.3) is 10.9 Å². The van der Waals surface area contributed by atoms with Crippen molar-refractivity contribution in [2.24, 2.45) is 0 Å². The van der Waals surface area contributed by atoms with Crippen molar-refractivity contribution in [2.45, 2.75) is 13.8 Å². The lowest BCUT2D eigenvalue weighted by atomic mass is 10.1. The number of fused-ring (bicyclic) bond motifs is 1. The Labute approximate surface area is 162 Å². The molecule has 6 nitrogen and oxygen atoms in total. The van der Waals surface area contributed by atoms with Crippen molar-refractivity contribution in [3.8, 4) is 0 Å². The number of carbonyl (C=O) groups is 1. The molecular formula is C22H19N5O. The van der Waals surface area contributed by atoms with Gasteiger partial charge in [0, 0.05) is 17.3 Å². The van der Waals surface area contributed by atoms with E-state index in [4.69, 9.17) is 0 Å². The quantitative estimate of drug-likeness (QED) is 0.548. The summed E-state index contributed by atoms with van der Waals surface area (Å²) in [5, 5.41) is 15.2. The number of anilines is 3. The highest BCUT2D eigenvalue weighted by Crippen LogP contribution is 2.22. The SMILES string of the molecule is Cc1ccc(C)c(Nc2ccc(C(=O)Nc3cccc4cccnc34)nn2)c1. The number of aryl methyl sites for hydroxylation is 2. The maximum atomic E-state index is 12.6. The van der Waals surface area contributed by atoms with E-state index in [0.717, 1.165) is 27.7 Å². The first kappa shape index (κ1) is 17.6. The van der Waals surface area contributed by atoms with E-state index in [2.05, 4.69) is 31.9 Å². The van der Waals surface area contributed by atoms with Crippen LogP contribution in [0.3, 0.4) is 0 Å². The number of nitrogens with zero attached hydrogens (tertiary/aromatic N) is 3. The summed E-state index contributed by atoms with van der Waals surface area (Å²) in [4.78, 5) is 16.9. The summed E-state index contributed by atoms with van der Waals surface area (Å²) in [7, 11) is 0. The highest BCUT2D eigenvalue weighted by Gasteiger charge is 2.11. The molecule has 0 aliphatic heterocycles. The van der Waals surface area contributed by atoms with E-state index in [1.807, 2.05) is 56.3 Å². The maximum Gasteiger partial charge on any atom is 0.276 e. The van der Waals surface area contributed by atoms with Crippen molar-refractivity contribution in [1.29, 1.82) is 0 Å². The van der Waals surface area contributed by atoms with Crippen LogP contribution >= 0.6 is 0 Å². The molecule has 0 atom stereocenters. The van der Waals surface area contributed by atoms with E-state index in [-0.39, 0.29) is 11.6 Å². The molecule has 4 rings (SSSR count). The second-order valence-electron chi connectivity index (χ2n) is 6.58. The zero-order valence-corrected chi connectivity index (χ0v) is 15.6. The Morgan fingerprint density at radius 1 is 0.893 bits per heavy atom. The average Bonchev–Trinajstić information content (AvgIpc) is 2.71. The molecule has 28 heavy (non-hydrogen) atoms. The number of hydrogen-bond acceptors (Lipinski definition) is 5. The van der Waals surface area contributed by atoms with Gasteiger partial charge in [-0.25, -0.2) is 0 Å². The van der Waals surface area contributed by atoms with Gasteiger partial charge < -0.3 is 10.6 Å².